The first kappa shape index (κ1) is 31.3. The predicted molar refractivity (Wildman–Crippen MR) is 145 cm³/mol. The lowest BCUT2D eigenvalue weighted by atomic mass is 10.0. The van der Waals surface area contributed by atoms with E-state index in [2.05, 4.69) is 6.92 Å². The first-order valence-electron chi connectivity index (χ1n) is 14.7. The molecule has 0 N–H and O–H groups in total. The molecular weight excluding hydrogens is 396 g/mol. The molecule has 0 aliphatic heterocycles. The van der Waals surface area contributed by atoms with Crippen LogP contribution in [0, 0.1) is 0 Å². The zero-order valence-electron chi connectivity index (χ0n) is 21.9. The molecule has 0 rings (SSSR count). The highest BCUT2D eigenvalue weighted by Crippen LogP contribution is 2.15. The minimum atomic E-state index is -0.548. The van der Waals surface area contributed by atoms with Crippen LogP contribution >= 0.6 is 0 Å². The third-order valence-corrected chi connectivity index (χ3v) is 8.19. The first-order chi connectivity index (χ1) is 15.3. The molecule has 0 saturated heterocycles. The van der Waals surface area contributed by atoms with Gasteiger partial charge >= 0.3 is 0 Å². The van der Waals surface area contributed by atoms with E-state index in [4.69, 9.17) is 0 Å². The molecule has 31 heavy (non-hydrogen) atoms. The standard InChI is InChI=1S/C29H60OS/c1-3-5-6-7-8-9-10-11-12-13-14-15-16-17-18-19-20-21-22-23-24-25-26-27-28-29-31(30)4-2/h3-29H2,1-2H3. The molecule has 0 aromatic heterocycles. The fourth-order valence-electron chi connectivity index (χ4n) is 4.55. The second kappa shape index (κ2) is 28.3. The minimum absolute atomic E-state index is 0.548. The lowest BCUT2D eigenvalue weighted by Crippen LogP contribution is -2.08. The van der Waals surface area contributed by atoms with E-state index in [-0.39, 0.29) is 0 Å². The Morgan fingerprint density at radius 2 is 0.581 bits per heavy atom. The Labute approximate surface area is 201 Å². The molecule has 0 amide bonds. The van der Waals surface area contributed by atoms with Crippen molar-refractivity contribution in [2.45, 2.75) is 174 Å². The third kappa shape index (κ3) is 28.3. The zero-order valence-corrected chi connectivity index (χ0v) is 22.7. The zero-order chi connectivity index (χ0) is 22.7. The van der Waals surface area contributed by atoms with Crippen LogP contribution < -0.4 is 0 Å². The van der Waals surface area contributed by atoms with Crippen LogP contribution in [0.3, 0.4) is 0 Å². The molecule has 0 bridgehead atoms. The largest absolute Gasteiger partial charge is 0.616 e. The van der Waals surface area contributed by atoms with Gasteiger partial charge in [-0.3, -0.25) is 0 Å². The lowest BCUT2D eigenvalue weighted by molar-refractivity contribution is 0.516. The fraction of sp³-hybridized carbons (Fsp3) is 1.00. The molecule has 0 saturated carbocycles. The predicted octanol–water partition coefficient (Wildman–Crippen LogP) is 10.5. The van der Waals surface area contributed by atoms with E-state index < -0.39 is 11.2 Å². The second-order valence-corrected chi connectivity index (χ2v) is 11.8. The Balaban J connectivity index is 3.01. The summed E-state index contributed by atoms with van der Waals surface area (Å²) in [5.41, 5.74) is 0. The van der Waals surface area contributed by atoms with Crippen molar-refractivity contribution in [3.63, 3.8) is 0 Å². The molecule has 2 heteroatoms. The van der Waals surface area contributed by atoms with Crippen LogP contribution in [-0.2, 0) is 11.2 Å². The summed E-state index contributed by atoms with van der Waals surface area (Å²) in [5.74, 6) is 1.76. The molecular formula is C29H60OS. The van der Waals surface area contributed by atoms with Crippen LogP contribution in [0.2, 0.25) is 0 Å². The van der Waals surface area contributed by atoms with Gasteiger partial charge in [0, 0.05) is 0 Å². The molecule has 1 atom stereocenters. The highest BCUT2D eigenvalue weighted by molar-refractivity contribution is 7.91. The molecule has 0 fully saturated rings. The van der Waals surface area contributed by atoms with Crippen LogP contribution in [0.1, 0.15) is 174 Å². The Bertz CT molecular complexity index is 307. The van der Waals surface area contributed by atoms with Gasteiger partial charge in [-0.25, -0.2) is 0 Å². The summed E-state index contributed by atoms with van der Waals surface area (Å²) in [5, 5.41) is 0. The van der Waals surface area contributed by atoms with Gasteiger partial charge in [0.2, 0.25) is 0 Å². The van der Waals surface area contributed by atoms with Gasteiger partial charge in [0.15, 0.2) is 0 Å². The highest BCUT2D eigenvalue weighted by atomic mass is 32.2. The van der Waals surface area contributed by atoms with Crippen LogP contribution in [0.5, 0.6) is 0 Å². The summed E-state index contributed by atoms with van der Waals surface area (Å²) in [6, 6.07) is 0. The second-order valence-electron chi connectivity index (χ2n) is 9.92. The summed E-state index contributed by atoms with van der Waals surface area (Å²) in [4.78, 5) is 0. The molecule has 0 aliphatic carbocycles. The number of rotatable bonds is 27. The van der Waals surface area contributed by atoms with Crippen molar-refractivity contribution >= 4 is 11.2 Å². The lowest BCUT2D eigenvalue weighted by Gasteiger charge is -2.07. The van der Waals surface area contributed by atoms with E-state index >= 15 is 0 Å². The fourth-order valence-corrected chi connectivity index (χ4v) is 5.36. The maximum Gasteiger partial charge on any atom is 0.105 e. The Kier molecular flexibility index (Phi) is 28.6. The molecule has 188 valence electrons. The molecule has 0 aromatic carbocycles. The minimum Gasteiger partial charge on any atom is -0.616 e. The molecule has 0 radical (unpaired) electrons. The third-order valence-electron chi connectivity index (χ3n) is 6.80. The normalized spacial score (nSPS) is 12.5. The smallest absolute Gasteiger partial charge is 0.105 e. The SMILES string of the molecule is CCCCCCCCCCCCCCCCCCCCCCCCCCC[S+]([O-])CC. The van der Waals surface area contributed by atoms with E-state index in [0.717, 1.165) is 11.5 Å². The molecule has 0 heterocycles. The van der Waals surface area contributed by atoms with E-state index in [1.807, 2.05) is 6.92 Å². The van der Waals surface area contributed by atoms with E-state index in [0.29, 0.717) is 0 Å². The molecule has 1 unspecified atom stereocenters. The van der Waals surface area contributed by atoms with Crippen molar-refractivity contribution < 1.29 is 4.55 Å². The van der Waals surface area contributed by atoms with Gasteiger partial charge in [-0.15, -0.1) is 0 Å². The summed E-state index contributed by atoms with van der Waals surface area (Å²) in [6.45, 7) is 4.32. The van der Waals surface area contributed by atoms with Crippen molar-refractivity contribution in [1.29, 1.82) is 0 Å². The number of hydrogen-bond donors (Lipinski definition) is 0. The quantitative estimate of drug-likeness (QED) is 0.0890. The van der Waals surface area contributed by atoms with Gasteiger partial charge in [0.05, 0.1) is 0 Å². The van der Waals surface area contributed by atoms with Crippen LogP contribution in [0.15, 0.2) is 0 Å². The van der Waals surface area contributed by atoms with E-state index in [9.17, 15) is 4.55 Å². The molecule has 0 aliphatic rings. The van der Waals surface area contributed by atoms with Crippen molar-refractivity contribution in [2.24, 2.45) is 0 Å². The topological polar surface area (TPSA) is 23.1 Å². The van der Waals surface area contributed by atoms with Crippen LogP contribution in [0.4, 0.5) is 0 Å². The Morgan fingerprint density at radius 1 is 0.355 bits per heavy atom. The number of hydrogen-bond acceptors (Lipinski definition) is 1. The van der Waals surface area contributed by atoms with Crippen molar-refractivity contribution in [2.75, 3.05) is 11.5 Å². The average molecular weight is 457 g/mol. The maximum absolute atomic E-state index is 11.4. The highest BCUT2D eigenvalue weighted by Gasteiger charge is 2.01. The van der Waals surface area contributed by atoms with Gasteiger partial charge in [-0.05, 0) is 19.8 Å². The van der Waals surface area contributed by atoms with Gasteiger partial charge in [0.25, 0.3) is 0 Å². The van der Waals surface area contributed by atoms with E-state index in [1.54, 1.807) is 0 Å². The molecule has 0 spiro atoms. The Morgan fingerprint density at radius 3 is 0.806 bits per heavy atom. The average Bonchev–Trinajstić information content (AvgIpc) is 2.78. The first-order valence-corrected chi connectivity index (χ1v) is 16.1. The van der Waals surface area contributed by atoms with Gasteiger partial charge in [0.1, 0.15) is 11.5 Å². The van der Waals surface area contributed by atoms with Gasteiger partial charge < -0.3 is 4.55 Å². The number of unbranched alkanes of at least 4 members (excludes halogenated alkanes) is 24. The summed E-state index contributed by atoms with van der Waals surface area (Å²) >= 11 is -0.548. The maximum atomic E-state index is 11.4. The molecule has 1 nitrogen and oxygen atoms in total. The summed E-state index contributed by atoms with van der Waals surface area (Å²) in [6.07, 6.45) is 35.8. The van der Waals surface area contributed by atoms with Gasteiger partial charge in [-0.1, -0.05) is 166 Å². The van der Waals surface area contributed by atoms with Crippen molar-refractivity contribution in [3.05, 3.63) is 0 Å². The molecule has 0 aromatic rings. The summed E-state index contributed by atoms with van der Waals surface area (Å²) < 4.78 is 11.4. The monoisotopic (exact) mass is 456 g/mol. The summed E-state index contributed by atoms with van der Waals surface area (Å²) in [7, 11) is 0. The van der Waals surface area contributed by atoms with Crippen molar-refractivity contribution in [3.8, 4) is 0 Å². The van der Waals surface area contributed by atoms with Gasteiger partial charge in [-0.2, -0.15) is 0 Å². The Hall–Kier alpha value is 0.310. The van der Waals surface area contributed by atoms with Crippen LogP contribution in [0.25, 0.3) is 0 Å². The van der Waals surface area contributed by atoms with E-state index in [1.165, 1.54) is 161 Å². The van der Waals surface area contributed by atoms with Crippen molar-refractivity contribution in [1.82, 2.24) is 0 Å². The van der Waals surface area contributed by atoms with Crippen LogP contribution in [-0.4, -0.2) is 16.1 Å².